The van der Waals surface area contributed by atoms with E-state index < -0.39 is 0 Å². The van der Waals surface area contributed by atoms with Crippen LogP contribution in [-0.2, 0) is 0 Å². The van der Waals surface area contributed by atoms with E-state index in [0.29, 0.717) is 17.1 Å². The van der Waals surface area contributed by atoms with Crippen molar-refractivity contribution in [2.75, 3.05) is 7.11 Å². The van der Waals surface area contributed by atoms with Crippen LogP contribution in [0.25, 0.3) is 0 Å². The zero-order valence-corrected chi connectivity index (χ0v) is 9.49. The first-order chi connectivity index (χ1) is 7.81. The lowest BCUT2D eigenvalue weighted by molar-refractivity contribution is 0.109. The van der Waals surface area contributed by atoms with Crippen molar-refractivity contribution in [2.24, 2.45) is 0 Å². The topological polar surface area (TPSA) is 39.4 Å². The molecule has 0 aliphatic heterocycles. The Morgan fingerprint density at radius 1 is 1.31 bits per heavy atom. The van der Waals surface area contributed by atoms with Gasteiger partial charge in [0.1, 0.15) is 5.75 Å². The molecular weight excluding hydrogens is 224 g/mol. The number of hydrogen-bond donors (Lipinski definition) is 0. The Hall–Kier alpha value is -1.68. The van der Waals surface area contributed by atoms with Gasteiger partial charge in [0.05, 0.1) is 7.11 Å². The van der Waals surface area contributed by atoms with E-state index in [1.807, 2.05) is 24.3 Å². The average molecular weight is 234 g/mol. The van der Waals surface area contributed by atoms with Gasteiger partial charge in [-0.2, -0.15) is 0 Å². The second-order valence-electron chi connectivity index (χ2n) is 3.06. The molecule has 0 aliphatic rings. The van der Waals surface area contributed by atoms with E-state index >= 15 is 0 Å². The monoisotopic (exact) mass is 234 g/mol. The molecule has 0 saturated heterocycles. The van der Waals surface area contributed by atoms with Crippen LogP contribution in [0.4, 0.5) is 0 Å². The minimum Gasteiger partial charge on any atom is -0.497 e. The predicted octanol–water partition coefficient (Wildman–Crippen LogP) is 3.25. The van der Waals surface area contributed by atoms with Crippen LogP contribution in [0.3, 0.4) is 0 Å². The summed E-state index contributed by atoms with van der Waals surface area (Å²) in [7, 11) is 1.63. The van der Waals surface area contributed by atoms with Gasteiger partial charge < -0.3 is 9.15 Å². The van der Waals surface area contributed by atoms with Crippen LogP contribution < -0.4 is 4.74 Å². The van der Waals surface area contributed by atoms with Crippen LogP contribution in [0, 0.1) is 0 Å². The lowest BCUT2D eigenvalue weighted by atomic mass is 10.3. The number of ether oxygens (including phenoxy) is 1. The summed E-state index contributed by atoms with van der Waals surface area (Å²) in [5, 5.41) is 0.690. The fourth-order valence-electron chi connectivity index (χ4n) is 1.23. The molecule has 0 fully saturated rings. The van der Waals surface area contributed by atoms with Crippen molar-refractivity contribution in [1.82, 2.24) is 0 Å². The lowest BCUT2D eigenvalue weighted by Crippen LogP contribution is -1.81. The molecular formula is C12H10O3S. The number of furan rings is 1. The van der Waals surface area contributed by atoms with Gasteiger partial charge in [-0.05, 0) is 30.3 Å². The molecule has 0 aliphatic carbocycles. The fourth-order valence-corrected chi connectivity index (χ4v) is 2.06. The van der Waals surface area contributed by atoms with E-state index in [0.717, 1.165) is 10.6 Å². The van der Waals surface area contributed by atoms with E-state index in [4.69, 9.17) is 9.15 Å². The van der Waals surface area contributed by atoms with Crippen LogP contribution in [0.15, 0.2) is 50.8 Å². The number of carbonyl (C=O) groups excluding carboxylic acids is 1. The third kappa shape index (κ3) is 2.46. The zero-order valence-electron chi connectivity index (χ0n) is 8.67. The second kappa shape index (κ2) is 4.90. The van der Waals surface area contributed by atoms with Crippen LogP contribution in [0.2, 0.25) is 0 Å². The highest BCUT2D eigenvalue weighted by Gasteiger charge is 2.04. The molecule has 16 heavy (non-hydrogen) atoms. The van der Waals surface area contributed by atoms with Crippen molar-refractivity contribution in [3.8, 4) is 5.75 Å². The van der Waals surface area contributed by atoms with E-state index in [9.17, 15) is 4.79 Å². The summed E-state index contributed by atoms with van der Waals surface area (Å²) in [6.07, 6.45) is 0.690. The Balaban J connectivity index is 2.16. The number of benzene rings is 1. The molecule has 4 heteroatoms. The Morgan fingerprint density at radius 3 is 2.88 bits per heavy atom. The number of hydrogen-bond acceptors (Lipinski definition) is 4. The highest BCUT2D eigenvalue weighted by Crippen LogP contribution is 2.30. The summed E-state index contributed by atoms with van der Waals surface area (Å²) < 4.78 is 10.4. The van der Waals surface area contributed by atoms with Crippen LogP contribution >= 0.6 is 11.8 Å². The first-order valence-corrected chi connectivity index (χ1v) is 5.50. The van der Waals surface area contributed by atoms with Gasteiger partial charge in [0.25, 0.3) is 0 Å². The molecule has 0 atom stereocenters. The summed E-state index contributed by atoms with van der Waals surface area (Å²) >= 11 is 1.45. The first kappa shape index (κ1) is 10.8. The highest BCUT2D eigenvalue weighted by molar-refractivity contribution is 7.99. The normalized spacial score (nSPS) is 10.1. The summed E-state index contributed by atoms with van der Waals surface area (Å²) in [4.78, 5) is 11.5. The van der Waals surface area contributed by atoms with Crippen LogP contribution in [-0.4, -0.2) is 13.4 Å². The molecule has 2 rings (SSSR count). The quantitative estimate of drug-likeness (QED) is 0.761. The smallest absolute Gasteiger partial charge is 0.185 e. The summed E-state index contributed by atoms with van der Waals surface area (Å²) in [6.45, 7) is 0. The summed E-state index contributed by atoms with van der Waals surface area (Å²) in [5.74, 6) is 1.14. The molecule has 0 radical (unpaired) electrons. The number of aldehydes is 1. The minimum atomic E-state index is 0.338. The van der Waals surface area contributed by atoms with E-state index in [2.05, 4.69) is 0 Å². The molecule has 1 aromatic carbocycles. The molecule has 1 heterocycles. The van der Waals surface area contributed by atoms with Gasteiger partial charge >= 0.3 is 0 Å². The maximum absolute atomic E-state index is 10.4. The molecule has 2 aromatic rings. The molecule has 0 N–H and O–H groups in total. The second-order valence-corrected chi connectivity index (χ2v) is 4.13. The summed E-state index contributed by atoms with van der Waals surface area (Å²) in [6, 6.07) is 11.1. The van der Waals surface area contributed by atoms with Gasteiger partial charge in [0, 0.05) is 4.90 Å². The Morgan fingerprint density at radius 2 is 2.19 bits per heavy atom. The molecule has 82 valence electrons. The van der Waals surface area contributed by atoms with Gasteiger partial charge in [-0.15, -0.1) is 0 Å². The maximum Gasteiger partial charge on any atom is 0.185 e. The largest absolute Gasteiger partial charge is 0.497 e. The third-order valence-corrected chi connectivity index (χ3v) is 2.89. The van der Waals surface area contributed by atoms with Crippen molar-refractivity contribution in [3.63, 3.8) is 0 Å². The Bertz CT molecular complexity index is 491. The predicted molar refractivity (Wildman–Crippen MR) is 61.2 cm³/mol. The van der Waals surface area contributed by atoms with Crippen molar-refractivity contribution < 1.29 is 13.9 Å². The number of methoxy groups -OCH3 is 1. The van der Waals surface area contributed by atoms with Gasteiger partial charge in [-0.25, -0.2) is 0 Å². The summed E-state index contributed by atoms with van der Waals surface area (Å²) in [5.41, 5.74) is 0. The maximum atomic E-state index is 10.4. The molecule has 1 aromatic heterocycles. The van der Waals surface area contributed by atoms with Crippen LogP contribution in [0.5, 0.6) is 5.75 Å². The van der Waals surface area contributed by atoms with Gasteiger partial charge in [-0.1, -0.05) is 17.8 Å². The third-order valence-electron chi connectivity index (χ3n) is 1.98. The Kier molecular flexibility index (Phi) is 3.31. The molecule has 0 amide bonds. The van der Waals surface area contributed by atoms with E-state index in [-0.39, 0.29) is 0 Å². The fraction of sp³-hybridized carbons (Fsp3) is 0.0833. The minimum absolute atomic E-state index is 0.338. The van der Waals surface area contributed by atoms with E-state index in [1.54, 1.807) is 19.2 Å². The molecule has 0 saturated carbocycles. The van der Waals surface area contributed by atoms with Crippen LogP contribution in [0.1, 0.15) is 10.6 Å². The lowest BCUT2D eigenvalue weighted by Gasteiger charge is -2.01. The van der Waals surface area contributed by atoms with Crippen molar-refractivity contribution in [2.45, 2.75) is 9.99 Å². The average Bonchev–Trinajstić information content (AvgIpc) is 2.77. The number of rotatable bonds is 4. The standard InChI is InChI=1S/C12H10O3S/c1-14-9-3-2-4-11(7-9)16-12-6-5-10(8-13)15-12/h2-8H,1H3. The zero-order chi connectivity index (χ0) is 11.4. The molecule has 3 nitrogen and oxygen atoms in total. The van der Waals surface area contributed by atoms with Gasteiger partial charge in [-0.3, -0.25) is 4.79 Å². The van der Waals surface area contributed by atoms with Crippen molar-refractivity contribution in [1.29, 1.82) is 0 Å². The number of carbonyl (C=O) groups is 1. The highest BCUT2D eigenvalue weighted by atomic mass is 32.2. The van der Waals surface area contributed by atoms with Crippen molar-refractivity contribution in [3.05, 3.63) is 42.2 Å². The SMILES string of the molecule is COc1cccc(Sc2ccc(C=O)o2)c1. The first-order valence-electron chi connectivity index (χ1n) is 4.69. The molecule has 0 bridgehead atoms. The van der Waals surface area contributed by atoms with Crippen molar-refractivity contribution >= 4 is 18.0 Å². The molecule has 0 unspecified atom stereocenters. The Labute approximate surface area is 97.4 Å². The van der Waals surface area contributed by atoms with E-state index in [1.165, 1.54) is 11.8 Å². The van der Waals surface area contributed by atoms with Gasteiger partial charge in [0.15, 0.2) is 17.1 Å². The molecule has 0 spiro atoms. The van der Waals surface area contributed by atoms with Gasteiger partial charge in [0.2, 0.25) is 0 Å².